The van der Waals surface area contributed by atoms with E-state index in [9.17, 15) is 9.18 Å². The smallest absolute Gasteiger partial charge is 0.188 e. The van der Waals surface area contributed by atoms with Gasteiger partial charge in [0.05, 0.1) is 0 Å². The van der Waals surface area contributed by atoms with Crippen molar-refractivity contribution in [3.8, 4) is 0 Å². The van der Waals surface area contributed by atoms with E-state index in [2.05, 4.69) is 37.0 Å². The molecule has 0 saturated carbocycles. The first-order valence-corrected chi connectivity index (χ1v) is 10.4. The van der Waals surface area contributed by atoms with E-state index in [-0.39, 0.29) is 17.2 Å². The maximum Gasteiger partial charge on any atom is 0.188 e. The van der Waals surface area contributed by atoms with Crippen LogP contribution < -0.4 is 5.43 Å². The highest BCUT2D eigenvalue weighted by Gasteiger charge is 2.25. The quantitative estimate of drug-likeness (QED) is 0.590. The van der Waals surface area contributed by atoms with Gasteiger partial charge >= 0.3 is 0 Å². The Bertz CT molecular complexity index is 1110. The summed E-state index contributed by atoms with van der Waals surface area (Å²) >= 11 is 0. The molecule has 0 fully saturated rings. The van der Waals surface area contributed by atoms with Crippen LogP contribution in [0.4, 0.5) is 4.39 Å². The SMILES string of the molecule is Cc1[nH]c(C(C)C)c(Cc2ccc3c(c2)C(c2ccc(F)cc2)CC3)c(=O)c1C. The van der Waals surface area contributed by atoms with Crippen LogP contribution in [0.5, 0.6) is 0 Å². The normalized spacial score (nSPS) is 15.7. The minimum Gasteiger partial charge on any atom is -0.362 e. The van der Waals surface area contributed by atoms with Crippen LogP contribution in [-0.2, 0) is 12.8 Å². The Morgan fingerprint density at radius 3 is 2.52 bits per heavy atom. The molecule has 0 radical (unpaired) electrons. The molecule has 1 heterocycles. The van der Waals surface area contributed by atoms with Crippen molar-refractivity contribution in [3.63, 3.8) is 0 Å². The van der Waals surface area contributed by atoms with Gasteiger partial charge in [-0.15, -0.1) is 0 Å². The van der Waals surface area contributed by atoms with Gasteiger partial charge in [0.2, 0.25) is 0 Å². The zero-order chi connectivity index (χ0) is 20.7. The average molecular weight is 390 g/mol. The van der Waals surface area contributed by atoms with Crippen molar-refractivity contribution >= 4 is 0 Å². The fourth-order valence-corrected chi connectivity index (χ4v) is 4.57. The molecule has 0 spiro atoms. The molecule has 1 unspecified atom stereocenters. The molecule has 0 saturated heterocycles. The fourth-order valence-electron chi connectivity index (χ4n) is 4.57. The van der Waals surface area contributed by atoms with Crippen molar-refractivity contribution in [1.29, 1.82) is 0 Å². The standard InChI is InChI=1S/C26H28FNO/c1-15(2)25-24(26(29)16(3)17(4)28-25)14-18-5-6-20-9-12-22(23(20)13-18)19-7-10-21(27)11-8-19/h5-8,10-11,13,15,22H,9,12,14H2,1-4H3,(H,28,29). The first kappa shape index (κ1) is 19.6. The molecule has 3 aromatic rings. The van der Waals surface area contributed by atoms with E-state index < -0.39 is 0 Å². The molecular formula is C26H28FNO. The lowest BCUT2D eigenvalue weighted by atomic mass is 9.90. The van der Waals surface area contributed by atoms with Crippen molar-refractivity contribution in [2.45, 2.75) is 58.8 Å². The van der Waals surface area contributed by atoms with E-state index >= 15 is 0 Å². The van der Waals surface area contributed by atoms with Crippen molar-refractivity contribution in [3.05, 3.63) is 103 Å². The number of hydrogen-bond acceptors (Lipinski definition) is 1. The van der Waals surface area contributed by atoms with Gasteiger partial charge in [0, 0.05) is 34.9 Å². The highest BCUT2D eigenvalue weighted by molar-refractivity contribution is 5.46. The first-order valence-electron chi connectivity index (χ1n) is 10.4. The van der Waals surface area contributed by atoms with Gasteiger partial charge in [0.1, 0.15) is 5.82 Å². The number of hydrogen-bond donors (Lipinski definition) is 1. The Balaban J connectivity index is 1.73. The minimum atomic E-state index is -0.198. The summed E-state index contributed by atoms with van der Waals surface area (Å²) in [5, 5.41) is 0. The van der Waals surface area contributed by atoms with Gasteiger partial charge in [-0.3, -0.25) is 4.79 Å². The number of halogens is 1. The van der Waals surface area contributed by atoms with Crippen LogP contribution in [0, 0.1) is 19.7 Å². The summed E-state index contributed by atoms with van der Waals surface area (Å²) in [7, 11) is 0. The van der Waals surface area contributed by atoms with Gasteiger partial charge < -0.3 is 4.98 Å². The van der Waals surface area contributed by atoms with Crippen LogP contribution >= 0.6 is 0 Å². The maximum absolute atomic E-state index is 13.3. The highest BCUT2D eigenvalue weighted by Crippen LogP contribution is 2.39. The number of rotatable bonds is 4. The highest BCUT2D eigenvalue weighted by atomic mass is 19.1. The van der Waals surface area contributed by atoms with Crippen LogP contribution in [0.1, 0.15) is 76.9 Å². The number of aromatic amines is 1. The molecule has 1 aliphatic rings. The first-order chi connectivity index (χ1) is 13.8. The lowest BCUT2D eigenvalue weighted by Gasteiger charge is -2.17. The Labute approximate surface area is 171 Å². The maximum atomic E-state index is 13.3. The van der Waals surface area contributed by atoms with Gasteiger partial charge in [0.25, 0.3) is 0 Å². The van der Waals surface area contributed by atoms with Crippen molar-refractivity contribution in [2.75, 3.05) is 0 Å². The lowest BCUT2D eigenvalue weighted by Crippen LogP contribution is -2.20. The Kier molecular flexibility index (Phi) is 5.16. The molecule has 1 atom stereocenters. The minimum absolute atomic E-state index is 0.153. The van der Waals surface area contributed by atoms with Gasteiger partial charge in [-0.05, 0) is 67.0 Å². The van der Waals surface area contributed by atoms with E-state index in [1.165, 1.54) is 11.1 Å². The Morgan fingerprint density at radius 1 is 1.10 bits per heavy atom. The summed E-state index contributed by atoms with van der Waals surface area (Å²) < 4.78 is 13.3. The fraction of sp³-hybridized carbons (Fsp3) is 0.346. The molecule has 2 aromatic carbocycles. The second kappa shape index (κ2) is 7.62. The third-order valence-corrected chi connectivity index (χ3v) is 6.34. The molecule has 150 valence electrons. The van der Waals surface area contributed by atoms with Crippen LogP contribution in [-0.4, -0.2) is 4.98 Å². The number of aryl methyl sites for hydroxylation is 2. The topological polar surface area (TPSA) is 32.9 Å². The molecule has 3 heteroatoms. The molecule has 29 heavy (non-hydrogen) atoms. The number of H-pyrrole nitrogens is 1. The second-order valence-corrected chi connectivity index (χ2v) is 8.60. The predicted molar refractivity (Wildman–Crippen MR) is 116 cm³/mol. The van der Waals surface area contributed by atoms with Gasteiger partial charge in [-0.25, -0.2) is 4.39 Å². The average Bonchev–Trinajstić information content (AvgIpc) is 3.12. The third-order valence-electron chi connectivity index (χ3n) is 6.34. The molecule has 4 rings (SSSR count). The second-order valence-electron chi connectivity index (χ2n) is 8.60. The van der Waals surface area contributed by atoms with Gasteiger partial charge in [0.15, 0.2) is 5.43 Å². The summed E-state index contributed by atoms with van der Waals surface area (Å²) in [6.45, 7) is 8.11. The summed E-state index contributed by atoms with van der Waals surface area (Å²) in [4.78, 5) is 16.5. The van der Waals surface area contributed by atoms with Crippen LogP contribution in [0.15, 0.2) is 47.3 Å². The monoisotopic (exact) mass is 389 g/mol. The van der Waals surface area contributed by atoms with Crippen LogP contribution in [0.25, 0.3) is 0 Å². The predicted octanol–water partition coefficient (Wildman–Crippen LogP) is 5.92. The van der Waals surface area contributed by atoms with E-state index in [4.69, 9.17) is 0 Å². The Hall–Kier alpha value is -2.68. The Morgan fingerprint density at radius 2 is 1.83 bits per heavy atom. The summed E-state index contributed by atoms with van der Waals surface area (Å²) in [6, 6.07) is 13.5. The summed E-state index contributed by atoms with van der Waals surface area (Å²) in [5.74, 6) is 0.363. The number of benzene rings is 2. The molecule has 2 nitrogen and oxygen atoms in total. The van der Waals surface area contributed by atoms with E-state index in [1.54, 1.807) is 12.1 Å². The van der Waals surface area contributed by atoms with E-state index in [0.717, 1.165) is 46.5 Å². The number of pyridine rings is 1. The van der Waals surface area contributed by atoms with Crippen molar-refractivity contribution in [2.24, 2.45) is 0 Å². The molecule has 1 aromatic heterocycles. The zero-order valence-electron chi connectivity index (χ0n) is 17.6. The molecule has 0 aliphatic heterocycles. The molecule has 0 bridgehead atoms. The largest absolute Gasteiger partial charge is 0.362 e. The summed E-state index contributed by atoms with van der Waals surface area (Å²) in [5.41, 5.74) is 8.82. The van der Waals surface area contributed by atoms with E-state index in [1.807, 2.05) is 26.0 Å². The van der Waals surface area contributed by atoms with Crippen molar-refractivity contribution < 1.29 is 4.39 Å². The van der Waals surface area contributed by atoms with Crippen LogP contribution in [0.3, 0.4) is 0 Å². The van der Waals surface area contributed by atoms with Crippen LogP contribution in [0.2, 0.25) is 0 Å². The molecule has 0 amide bonds. The number of aromatic nitrogens is 1. The van der Waals surface area contributed by atoms with Crippen molar-refractivity contribution in [1.82, 2.24) is 4.98 Å². The van der Waals surface area contributed by atoms with E-state index in [0.29, 0.717) is 12.3 Å². The zero-order valence-corrected chi connectivity index (χ0v) is 17.6. The summed E-state index contributed by atoms with van der Waals surface area (Å²) in [6.07, 6.45) is 2.72. The molecule has 1 aliphatic carbocycles. The van der Waals surface area contributed by atoms with Gasteiger partial charge in [-0.2, -0.15) is 0 Å². The lowest BCUT2D eigenvalue weighted by molar-refractivity contribution is 0.626. The molecule has 1 N–H and O–H groups in total. The number of fused-ring (bicyclic) bond motifs is 1. The van der Waals surface area contributed by atoms with Gasteiger partial charge in [-0.1, -0.05) is 44.2 Å². The third kappa shape index (κ3) is 3.66. The number of nitrogens with one attached hydrogen (secondary N) is 1. The molecular weight excluding hydrogens is 361 g/mol.